The van der Waals surface area contributed by atoms with Crippen molar-refractivity contribution < 1.29 is 8.91 Å². The lowest BCUT2D eigenvalue weighted by atomic mass is 9.84. The van der Waals surface area contributed by atoms with Crippen LogP contribution in [0, 0.1) is 5.82 Å². The van der Waals surface area contributed by atoms with Gasteiger partial charge in [-0.3, -0.25) is 0 Å². The first kappa shape index (κ1) is 13.7. The van der Waals surface area contributed by atoms with Gasteiger partial charge in [-0.25, -0.2) is 4.39 Å². The summed E-state index contributed by atoms with van der Waals surface area (Å²) in [7, 11) is 0. The molecule has 4 nitrogen and oxygen atoms in total. The van der Waals surface area contributed by atoms with Crippen molar-refractivity contribution in [3.8, 4) is 11.4 Å². The fourth-order valence-corrected chi connectivity index (χ4v) is 3.08. The monoisotopic (exact) mass is 339 g/mol. The molecule has 0 aliphatic carbocycles. The quantitative estimate of drug-likeness (QED) is 0.932. The third-order valence-corrected chi connectivity index (χ3v) is 4.38. The van der Waals surface area contributed by atoms with Crippen molar-refractivity contribution >= 4 is 15.9 Å². The van der Waals surface area contributed by atoms with Crippen molar-refractivity contribution in [2.24, 2.45) is 0 Å². The summed E-state index contributed by atoms with van der Waals surface area (Å²) in [4.78, 5) is 4.48. The Kier molecular flexibility index (Phi) is 3.60. The minimum absolute atomic E-state index is 0.0875. The highest BCUT2D eigenvalue weighted by molar-refractivity contribution is 9.10. The molecule has 3 rings (SSSR count). The molecule has 0 spiro atoms. The van der Waals surface area contributed by atoms with Crippen LogP contribution in [-0.4, -0.2) is 23.2 Å². The molecule has 1 aliphatic rings. The number of rotatable bonds is 3. The molecule has 1 unspecified atom stereocenters. The van der Waals surface area contributed by atoms with Gasteiger partial charge in [0.2, 0.25) is 11.7 Å². The van der Waals surface area contributed by atoms with Gasteiger partial charge in [0.15, 0.2) is 0 Å². The van der Waals surface area contributed by atoms with Gasteiger partial charge in [-0.2, -0.15) is 4.98 Å². The van der Waals surface area contributed by atoms with Crippen LogP contribution in [0.2, 0.25) is 0 Å². The van der Waals surface area contributed by atoms with Crippen LogP contribution >= 0.6 is 15.9 Å². The highest BCUT2D eigenvalue weighted by atomic mass is 79.9. The van der Waals surface area contributed by atoms with Crippen molar-refractivity contribution in [2.45, 2.75) is 25.2 Å². The number of nitrogens with one attached hydrogen (secondary N) is 1. The molecular weight excluding hydrogens is 325 g/mol. The van der Waals surface area contributed by atoms with E-state index in [0.29, 0.717) is 21.8 Å². The zero-order chi connectivity index (χ0) is 14.2. The van der Waals surface area contributed by atoms with Crippen molar-refractivity contribution in [3.63, 3.8) is 0 Å². The Bertz CT molecular complexity index is 602. The van der Waals surface area contributed by atoms with E-state index >= 15 is 0 Å². The van der Waals surface area contributed by atoms with Crippen LogP contribution in [0.3, 0.4) is 0 Å². The summed E-state index contributed by atoms with van der Waals surface area (Å²) in [5.41, 5.74) is 0.527. The fraction of sp³-hybridized carbons (Fsp3) is 0.429. The predicted octanol–water partition coefficient (Wildman–Crippen LogP) is 3.28. The number of benzene rings is 1. The van der Waals surface area contributed by atoms with Gasteiger partial charge in [-0.15, -0.1) is 0 Å². The molecule has 1 aromatic heterocycles. The summed E-state index contributed by atoms with van der Waals surface area (Å²) in [6.07, 6.45) is 1.92. The molecule has 1 saturated heterocycles. The summed E-state index contributed by atoms with van der Waals surface area (Å²) >= 11 is 3.27. The first-order valence-electron chi connectivity index (χ1n) is 6.64. The maximum absolute atomic E-state index is 13.4. The standard InChI is InChI=1S/C14H15BrFN3O/c1-2-14(3-4-17-8-14)13-18-12(19-20-13)9-5-10(15)7-11(16)6-9/h5-7,17H,2-4,8H2,1H3. The summed E-state index contributed by atoms with van der Waals surface area (Å²) in [5, 5.41) is 7.34. The lowest BCUT2D eigenvalue weighted by Gasteiger charge is -2.20. The van der Waals surface area contributed by atoms with E-state index < -0.39 is 0 Å². The molecule has 0 bridgehead atoms. The predicted molar refractivity (Wildman–Crippen MR) is 76.8 cm³/mol. The van der Waals surface area contributed by atoms with Crippen molar-refractivity contribution in [3.05, 3.63) is 34.4 Å². The molecule has 106 valence electrons. The third kappa shape index (κ3) is 2.38. The van der Waals surface area contributed by atoms with Crippen LogP contribution in [0.5, 0.6) is 0 Å². The summed E-state index contributed by atoms with van der Waals surface area (Å²) in [6.45, 7) is 3.92. The Labute approximate surface area is 124 Å². The normalized spacial score (nSPS) is 22.4. The molecule has 2 aromatic rings. The van der Waals surface area contributed by atoms with E-state index in [1.165, 1.54) is 12.1 Å². The number of hydrogen-bond acceptors (Lipinski definition) is 4. The Hall–Kier alpha value is -1.27. The van der Waals surface area contributed by atoms with Gasteiger partial charge in [-0.05, 0) is 37.6 Å². The fourth-order valence-electron chi connectivity index (χ4n) is 2.62. The van der Waals surface area contributed by atoms with Gasteiger partial charge in [0.25, 0.3) is 0 Å². The number of halogens is 2. The highest BCUT2D eigenvalue weighted by Gasteiger charge is 2.39. The molecule has 20 heavy (non-hydrogen) atoms. The minimum Gasteiger partial charge on any atom is -0.338 e. The molecule has 1 atom stereocenters. The Morgan fingerprint density at radius 1 is 1.45 bits per heavy atom. The topological polar surface area (TPSA) is 51.0 Å². The van der Waals surface area contributed by atoms with E-state index in [0.717, 1.165) is 25.9 Å². The van der Waals surface area contributed by atoms with Gasteiger partial charge in [0, 0.05) is 16.6 Å². The van der Waals surface area contributed by atoms with Crippen molar-refractivity contribution in [1.82, 2.24) is 15.5 Å². The number of hydrogen-bond donors (Lipinski definition) is 1. The second kappa shape index (κ2) is 5.26. The number of aromatic nitrogens is 2. The zero-order valence-corrected chi connectivity index (χ0v) is 12.7. The van der Waals surface area contributed by atoms with Crippen LogP contribution in [-0.2, 0) is 5.41 Å². The zero-order valence-electron chi connectivity index (χ0n) is 11.1. The van der Waals surface area contributed by atoms with Crippen molar-refractivity contribution in [2.75, 3.05) is 13.1 Å². The molecule has 1 fully saturated rings. The molecular formula is C14H15BrFN3O. The molecule has 0 amide bonds. The van der Waals surface area contributed by atoms with Gasteiger partial charge in [-0.1, -0.05) is 28.0 Å². The lowest BCUT2D eigenvalue weighted by molar-refractivity contribution is 0.285. The van der Waals surface area contributed by atoms with Crippen LogP contribution in [0.1, 0.15) is 25.7 Å². The Morgan fingerprint density at radius 3 is 2.95 bits per heavy atom. The maximum atomic E-state index is 13.4. The molecule has 6 heteroatoms. The van der Waals surface area contributed by atoms with Gasteiger partial charge in [0.05, 0.1) is 5.41 Å². The Balaban J connectivity index is 1.97. The minimum atomic E-state index is -0.325. The van der Waals surface area contributed by atoms with Gasteiger partial charge in [0.1, 0.15) is 5.82 Å². The molecule has 0 saturated carbocycles. The first-order chi connectivity index (χ1) is 9.63. The first-order valence-corrected chi connectivity index (χ1v) is 7.44. The molecule has 0 radical (unpaired) electrons. The molecule has 1 aliphatic heterocycles. The smallest absolute Gasteiger partial charge is 0.234 e. The van der Waals surface area contributed by atoms with Crippen LogP contribution in [0.4, 0.5) is 4.39 Å². The van der Waals surface area contributed by atoms with Gasteiger partial charge >= 0.3 is 0 Å². The average Bonchev–Trinajstić information content (AvgIpc) is 3.07. The lowest BCUT2D eigenvalue weighted by Crippen LogP contribution is -2.28. The molecule has 1 aromatic carbocycles. The summed E-state index contributed by atoms with van der Waals surface area (Å²) in [5.74, 6) is 0.744. The highest BCUT2D eigenvalue weighted by Crippen LogP contribution is 2.34. The third-order valence-electron chi connectivity index (χ3n) is 3.92. The van der Waals surface area contributed by atoms with E-state index in [9.17, 15) is 4.39 Å². The summed E-state index contributed by atoms with van der Waals surface area (Å²) in [6, 6.07) is 4.59. The average molecular weight is 340 g/mol. The molecule has 1 N–H and O–H groups in total. The second-order valence-corrected chi connectivity index (χ2v) is 6.06. The SMILES string of the molecule is CCC1(c2nc(-c3cc(F)cc(Br)c3)no2)CCNC1. The van der Waals surface area contributed by atoms with Crippen LogP contribution in [0.25, 0.3) is 11.4 Å². The van der Waals surface area contributed by atoms with Crippen molar-refractivity contribution in [1.29, 1.82) is 0 Å². The van der Waals surface area contributed by atoms with Crippen LogP contribution < -0.4 is 5.32 Å². The van der Waals surface area contributed by atoms with E-state index in [2.05, 4.69) is 38.3 Å². The second-order valence-electron chi connectivity index (χ2n) is 5.14. The maximum Gasteiger partial charge on any atom is 0.234 e. The van der Waals surface area contributed by atoms with E-state index in [1.54, 1.807) is 6.07 Å². The van der Waals surface area contributed by atoms with Crippen LogP contribution in [0.15, 0.2) is 27.2 Å². The van der Waals surface area contributed by atoms with Gasteiger partial charge < -0.3 is 9.84 Å². The van der Waals surface area contributed by atoms with E-state index in [1.807, 2.05) is 0 Å². The number of nitrogens with zero attached hydrogens (tertiary/aromatic N) is 2. The largest absolute Gasteiger partial charge is 0.338 e. The van der Waals surface area contributed by atoms with E-state index in [-0.39, 0.29) is 11.2 Å². The Morgan fingerprint density at radius 2 is 2.30 bits per heavy atom. The molecule has 2 heterocycles. The van der Waals surface area contributed by atoms with E-state index in [4.69, 9.17) is 4.52 Å². The summed E-state index contributed by atoms with van der Waals surface area (Å²) < 4.78 is 19.5.